The van der Waals surface area contributed by atoms with E-state index in [1.54, 1.807) is 19.2 Å². The summed E-state index contributed by atoms with van der Waals surface area (Å²) in [6.45, 7) is 1.99. The number of rotatable bonds is 4. The maximum Gasteiger partial charge on any atom is 0.333 e. The van der Waals surface area contributed by atoms with E-state index >= 15 is 0 Å². The molecule has 98 valence electrons. The summed E-state index contributed by atoms with van der Waals surface area (Å²) in [7, 11) is 1.35. The van der Waals surface area contributed by atoms with E-state index in [0.717, 1.165) is 10.9 Å². The van der Waals surface area contributed by atoms with Crippen LogP contribution in [0.5, 0.6) is 5.75 Å². The third-order valence-corrected chi connectivity index (χ3v) is 2.71. The molecule has 1 heterocycles. The van der Waals surface area contributed by atoms with E-state index in [9.17, 15) is 4.79 Å². The topological polar surface area (TPSA) is 48.4 Å². The summed E-state index contributed by atoms with van der Waals surface area (Å²) in [5.74, 6) is 0.327. The van der Waals surface area contributed by atoms with Gasteiger partial charge in [0.2, 0.25) is 0 Å². The van der Waals surface area contributed by atoms with Crippen molar-refractivity contribution < 1.29 is 14.3 Å². The van der Waals surface area contributed by atoms with Gasteiger partial charge in [0.05, 0.1) is 18.8 Å². The number of fused-ring (bicyclic) bond motifs is 1. The maximum absolute atomic E-state index is 11.2. The average molecular weight is 257 g/mol. The van der Waals surface area contributed by atoms with Crippen LogP contribution in [0, 0.1) is 0 Å². The van der Waals surface area contributed by atoms with Crippen molar-refractivity contribution >= 4 is 16.9 Å². The van der Waals surface area contributed by atoms with E-state index in [1.165, 1.54) is 7.11 Å². The van der Waals surface area contributed by atoms with Gasteiger partial charge in [0, 0.05) is 11.0 Å². The monoisotopic (exact) mass is 257 g/mol. The zero-order chi connectivity index (χ0) is 13.7. The SMILES string of the molecule is COC(=O)/C(C)=C/COc1cnc2ccccc2c1. The number of benzene rings is 1. The van der Waals surface area contributed by atoms with Gasteiger partial charge in [-0.2, -0.15) is 0 Å². The lowest BCUT2D eigenvalue weighted by atomic mass is 10.2. The fourth-order valence-corrected chi connectivity index (χ4v) is 1.64. The smallest absolute Gasteiger partial charge is 0.333 e. The van der Waals surface area contributed by atoms with E-state index in [2.05, 4.69) is 9.72 Å². The number of methoxy groups -OCH3 is 1. The van der Waals surface area contributed by atoms with Gasteiger partial charge in [-0.3, -0.25) is 4.98 Å². The van der Waals surface area contributed by atoms with Gasteiger partial charge in [-0.1, -0.05) is 18.2 Å². The first-order valence-electron chi connectivity index (χ1n) is 5.93. The number of carbonyl (C=O) groups excluding carboxylic acids is 1. The third-order valence-electron chi connectivity index (χ3n) is 2.71. The number of carbonyl (C=O) groups is 1. The lowest BCUT2D eigenvalue weighted by Crippen LogP contribution is -2.04. The molecular formula is C15H15NO3. The molecule has 0 N–H and O–H groups in total. The number of ether oxygens (including phenoxy) is 2. The van der Waals surface area contributed by atoms with Gasteiger partial charge in [-0.25, -0.2) is 4.79 Å². The lowest BCUT2D eigenvalue weighted by Gasteiger charge is -2.05. The second-order valence-corrected chi connectivity index (χ2v) is 4.05. The molecule has 0 saturated carbocycles. The highest BCUT2D eigenvalue weighted by Gasteiger charge is 2.02. The highest BCUT2D eigenvalue weighted by molar-refractivity contribution is 5.87. The molecule has 0 radical (unpaired) electrons. The molecule has 1 aromatic heterocycles. The molecule has 0 aliphatic heterocycles. The van der Waals surface area contributed by atoms with Gasteiger partial charge in [-0.15, -0.1) is 0 Å². The number of nitrogens with zero attached hydrogens (tertiary/aromatic N) is 1. The Morgan fingerprint density at radius 2 is 2.16 bits per heavy atom. The largest absolute Gasteiger partial charge is 0.488 e. The Labute approximate surface area is 111 Å². The van der Waals surface area contributed by atoms with Crippen LogP contribution in [0.2, 0.25) is 0 Å². The van der Waals surface area contributed by atoms with Crippen molar-refractivity contribution in [2.75, 3.05) is 13.7 Å². The van der Waals surface area contributed by atoms with Crippen LogP contribution in [0.25, 0.3) is 10.9 Å². The molecule has 0 unspecified atom stereocenters. The van der Waals surface area contributed by atoms with E-state index in [0.29, 0.717) is 17.9 Å². The molecule has 4 nitrogen and oxygen atoms in total. The summed E-state index contributed by atoms with van der Waals surface area (Å²) in [5, 5.41) is 1.02. The highest BCUT2D eigenvalue weighted by Crippen LogP contribution is 2.17. The molecule has 0 saturated heterocycles. The zero-order valence-electron chi connectivity index (χ0n) is 10.9. The van der Waals surface area contributed by atoms with Crippen molar-refractivity contribution in [2.24, 2.45) is 0 Å². The molecule has 0 spiro atoms. The standard InChI is InChI=1S/C15H15NO3/c1-11(15(17)18-2)7-8-19-13-9-12-5-3-4-6-14(12)16-10-13/h3-7,9-10H,8H2,1-2H3/b11-7+. The Balaban J connectivity index is 2.04. The second kappa shape index (κ2) is 6.00. The number of hydrogen-bond donors (Lipinski definition) is 0. The Kier molecular flexibility index (Phi) is 4.13. The van der Waals surface area contributed by atoms with E-state index < -0.39 is 0 Å². The van der Waals surface area contributed by atoms with Gasteiger partial charge in [0.15, 0.2) is 0 Å². The van der Waals surface area contributed by atoms with Gasteiger partial charge in [-0.05, 0) is 25.1 Å². The van der Waals surface area contributed by atoms with Crippen LogP contribution in [0.4, 0.5) is 0 Å². The lowest BCUT2D eigenvalue weighted by molar-refractivity contribution is -0.136. The van der Waals surface area contributed by atoms with E-state index in [1.807, 2.05) is 30.3 Å². The first kappa shape index (κ1) is 13.1. The molecule has 1 aromatic carbocycles. The quantitative estimate of drug-likeness (QED) is 0.624. The van der Waals surface area contributed by atoms with Crippen molar-refractivity contribution in [3.05, 3.63) is 48.2 Å². The minimum absolute atomic E-state index is 0.307. The van der Waals surface area contributed by atoms with Crippen LogP contribution in [0.3, 0.4) is 0 Å². The van der Waals surface area contributed by atoms with E-state index in [-0.39, 0.29) is 5.97 Å². The fraction of sp³-hybridized carbons (Fsp3) is 0.200. The highest BCUT2D eigenvalue weighted by atomic mass is 16.5. The predicted octanol–water partition coefficient (Wildman–Crippen LogP) is 2.73. The van der Waals surface area contributed by atoms with Crippen molar-refractivity contribution in [3.63, 3.8) is 0 Å². The average Bonchev–Trinajstić information content (AvgIpc) is 2.46. The van der Waals surface area contributed by atoms with Crippen molar-refractivity contribution in [3.8, 4) is 5.75 Å². The van der Waals surface area contributed by atoms with Gasteiger partial charge < -0.3 is 9.47 Å². The Hall–Kier alpha value is -2.36. The number of pyridine rings is 1. The van der Waals surface area contributed by atoms with Crippen molar-refractivity contribution in [1.82, 2.24) is 4.98 Å². The second-order valence-electron chi connectivity index (χ2n) is 4.05. The number of esters is 1. The number of hydrogen-bond acceptors (Lipinski definition) is 4. The summed E-state index contributed by atoms with van der Waals surface area (Å²) >= 11 is 0. The molecule has 0 bridgehead atoms. The number of para-hydroxylation sites is 1. The summed E-state index contributed by atoms with van der Waals surface area (Å²) in [6.07, 6.45) is 3.35. The maximum atomic E-state index is 11.2. The third kappa shape index (κ3) is 3.31. The summed E-state index contributed by atoms with van der Waals surface area (Å²) in [6, 6.07) is 9.74. The Morgan fingerprint density at radius 3 is 2.95 bits per heavy atom. The van der Waals surface area contributed by atoms with Gasteiger partial charge in [0.1, 0.15) is 12.4 Å². The van der Waals surface area contributed by atoms with Crippen LogP contribution in [-0.2, 0) is 9.53 Å². The predicted molar refractivity (Wildman–Crippen MR) is 73.0 cm³/mol. The number of aromatic nitrogens is 1. The summed E-state index contributed by atoms with van der Waals surface area (Å²) in [5.41, 5.74) is 1.45. The van der Waals surface area contributed by atoms with Crippen LogP contribution < -0.4 is 4.74 Å². The molecule has 4 heteroatoms. The summed E-state index contributed by atoms with van der Waals surface area (Å²) in [4.78, 5) is 15.5. The molecule has 0 fully saturated rings. The van der Waals surface area contributed by atoms with Crippen molar-refractivity contribution in [2.45, 2.75) is 6.92 Å². The Morgan fingerprint density at radius 1 is 1.37 bits per heavy atom. The molecule has 0 aliphatic rings. The van der Waals surface area contributed by atoms with Crippen LogP contribution in [-0.4, -0.2) is 24.7 Å². The molecule has 2 rings (SSSR count). The van der Waals surface area contributed by atoms with E-state index in [4.69, 9.17) is 4.74 Å². The molecule has 19 heavy (non-hydrogen) atoms. The molecule has 0 atom stereocenters. The first-order chi connectivity index (χ1) is 9.20. The van der Waals surface area contributed by atoms with Gasteiger partial charge in [0.25, 0.3) is 0 Å². The van der Waals surface area contributed by atoms with Crippen molar-refractivity contribution in [1.29, 1.82) is 0 Å². The van der Waals surface area contributed by atoms with Gasteiger partial charge >= 0.3 is 5.97 Å². The first-order valence-corrected chi connectivity index (χ1v) is 5.93. The normalized spacial score (nSPS) is 11.4. The minimum atomic E-state index is -0.347. The molecule has 0 aliphatic carbocycles. The summed E-state index contributed by atoms with van der Waals surface area (Å²) < 4.78 is 10.1. The minimum Gasteiger partial charge on any atom is -0.488 e. The Bertz CT molecular complexity index is 620. The molecule has 2 aromatic rings. The van der Waals surface area contributed by atoms with Crippen LogP contribution >= 0.6 is 0 Å². The molecular weight excluding hydrogens is 242 g/mol. The molecule has 0 amide bonds. The van der Waals surface area contributed by atoms with Crippen LogP contribution in [0.1, 0.15) is 6.92 Å². The van der Waals surface area contributed by atoms with Crippen LogP contribution in [0.15, 0.2) is 48.2 Å². The fourth-order valence-electron chi connectivity index (χ4n) is 1.64. The zero-order valence-corrected chi connectivity index (χ0v) is 10.9.